The first-order valence-electron chi connectivity index (χ1n) is 10.9. The van der Waals surface area contributed by atoms with Gasteiger partial charge in [-0.2, -0.15) is 0 Å². The first kappa shape index (κ1) is 19.6. The van der Waals surface area contributed by atoms with Crippen LogP contribution in [-0.2, 0) is 12.8 Å². The van der Waals surface area contributed by atoms with E-state index in [4.69, 9.17) is 4.74 Å². The molecular weight excluding hydrogens is 356 g/mol. The third-order valence-electron chi connectivity index (χ3n) is 6.16. The standard InChI is InChI=1S/C26H32N2O/c1-20-8-15-26-25(19-20)27-17-16-21(5-3-6-23-7-4-18-28(23)26)9-10-22-11-13-24(29-2)14-12-22/h4,7-8,11-15,18-19,21,27H,3,5-6,9-10,16-17H2,1-2H3. The van der Waals surface area contributed by atoms with Crippen LogP contribution >= 0.6 is 0 Å². The number of nitrogens with zero attached hydrogens (tertiary/aromatic N) is 1. The van der Waals surface area contributed by atoms with E-state index >= 15 is 0 Å². The van der Waals surface area contributed by atoms with Gasteiger partial charge in [0.05, 0.1) is 18.5 Å². The lowest BCUT2D eigenvalue weighted by molar-refractivity contribution is 0.412. The molecule has 0 bridgehead atoms. The van der Waals surface area contributed by atoms with Gasteiger partial charge in [0.15, 0.2) is 0 Å². The van der Waals surface area contributed by atoms with Crippen LogP contribution in [0.15, 0.2) is 60.8 Å². The molecule has 0 radical (unpaired) electrons. The first-order valence-corrected chi connectivity index (χ1v) is 10.9. The van der Waals surface area contributed by atoms with Crippen LogP contribution in [0.2, 0.25) is 0 Å². The van der Waals surface area contributed by atoms with Crippen LogP contribution in [0.4, 0.5) is 5.69 Å². The largest absolute Gasteiger partial charge is 0.497 e. The van der Waals surface area contributed by atoms with Gasteiger partial charge >= 0.3 is 0 Å². The molecule has 0 aliphatic carbocycles. The Morgan fingerprint density at radius 1 is 1.07 bits per heavy atom. The Hall–Kier alpha value is -2.68. The molecule has 1 atom stereocenters. The summed E-state index contributed by atoms with van der Waals surface area (Å²) in [4.78, 5) is 0. The number of rotatable bonds is 4. The zero-order valence-corrected chi connectivity index (χ0v) is 17.7. The fourth-order valence-electron chi connectivity index (χ4n) is 4.44. The van der Waals surface area contributed by atoms with E-state index in [1.165, 1.54) is 53.9 Å². The number of fused-ring (bicyclic) bond motifs is 3. The average Bonchev–Trinajstić information content (AvgIpc) is 3.19. The molecule has 4 rings (SSSR count). The summed E-state index contributed by atoms with van der Waals surface area (Å²) in [6.45, 7) is 3.20. The fraction of sp³-hybridized carbons (Fsp3) is 0.385. The van der Waals surface area contributed by atoms with Crippen LogP contribution in [0.3, 0.4) is 0 Å². The van der Waals surface area contributed by atoms with Gasteiger partial charge in [0.1, 0.15) is 5.75 Å². The van der Waals surface area contributed by atoms with Gasteiger partial charge in [-0.05, 0) is 98.9 Å². The van der Waals surface area contributed by atoms with Gasteiger partial charge in [0.2, 0.25) is 0 Å². The minimum Gasteiger partial charge on any atom is -0.497 e. The SMILES string of the molecule is COc1ccc(CCC2CCCc3cccn3-c3ccc(C)cc3NCC2)cc1. The van der Waals surface area contributed by atoms with E-state index in [1.54, 1.807) is 7.11 Å². The van der Waals surface area contributed by atoms with Crippen molar-refractivity contribution >= 4 is 5.69 Å². The summed E-state index contributed by atoms with van der Waals surface area (Å²) in [5.74, 6) is 1.68. The number of hydrogen-bond donors (Lipinski definition) is 1. The summed E-state index contributed by atoms with van der Waals surface area (Å²) in [6.07, 6.45) is 9.48. The number of benzene rings is 2. The predicted molar refractivity (Wildman–Crippen MR) is 121 cm³/mol. The van der Waals surface area contributed by atoms with Crippen LogP contribution in [0.5, 0.6) is 5.75 Å². The molecule has 1 aliphatic heterocycles. The second kappa shape index (κ2) is 9.21. The lowest BCUT2D eigenvalue weighted by atomic mass is 9.91. The lowest BCUT2D eigenvalue weighted by Crippen LogP contribution is -2.11. The van der Waals surface area contributed by atoms with Crippen LogP contribution in [0.25, 0.3) is 5.69 Å². The van der Waals surface area contributed by atoms with E-state index in [2.05, 4.69) is 77.6 Å². The summed E-state index contributed by atoms with van der Waals surface area (Å²) in [5, 5.41) is 3.74. The molecule has 29 heavy (non-hydrogen) atoms. The van der Waals surface area contributed by atoms with Gasteiger partial charge < -0.3 is 14.6 Å². The van der Waals surface area contributed by atoms with Crippen molar-refractivity contribution < 1.29 is 4.74 Å². The molecule has 1 aromatic heterocycles. The Balaban J connectivity index is 1.46. The van der Waals surface area contributed by atoms with Crippen LogP contribution < -0.4 is 10.1 Å². The maximum atomic E-state index is 5.28. The Labute approximate surface area is 174 Å². The Kier molecular flexibility index (Phi) is 6.24. The van der Waals surface area contributed by atoms with Crippen LogP contribution in [0, 0.1) is 12.8 Å². The van der Waals surface area contributed by atoms with E-state index in [9.17, 15) is 0 Å². The molecule has 0 spiro atoms. The topological polar surface area (TPSA) is 26.2 Å². The minimum absolute atomic E-state index is 0.749. The molecule has 1 unspecified atom stereocenters. The first-order chi connectivity index (χ1) is 14.2. The highest BCUT2D eigenvalue weighted by Gasteiger charge is 2.14. The number of nitrogens with one attached hydrogen (secondary N) is 1. The molecule has 0 fully saturated rings. The van der Waals surface area contributed by atoms with Gasteiger partial charge in [0, 0.05) is 18.4 Å². The average molecular weight is 389 g/mol. The van der Waals surface area contributed by atoms with Crippen LogP contribution in [0.1, 0.15) is 42.5 Å². The summed E-state index contributed by atoms with van der Waals surface area (Å²) in [6, 6.07) is 19.7. The molecule has 0 saturated heterocycles. The van der Waals surface area contributed by atoms with Gasteiger partial charge in [0.25, 0.3) is 0 Å². The van der Waals surface area contributed by atoms with Gasteiger partial charge in [-0.15, -0.1) is 0 Å². The number of aromatic nitrogens is 1. The van der Waals surface area contributed by atoms with Crippen molar-refractivity contribution in [3.63, 3.8) is 0 Å². The Bertz CT molecular complexity index is 926. The third-order valence-corrected chi connectivity index (χ3v) is 6.16. The maximum Gasteiger partial charge on any atom is 0.118 e. The highest BCUT2D eigenvalue weighted by atomic mass is 16.5. The van der Waals surface area contributed by atoms with E-state index < -0.39 is 0 Å². The van der Waals surface area contributed by atoms with Crippen molar-refractivity contribution in [2.24, 2.45) is 5.92 Å². The van der Waals surface area contributed by atoms with Crippen molar-refractivity contribution in [1.29, 1.82) is 0 Å². The highest BCUT2D eigenvalue weighted by molar-refractivity contribution is 5.63. The number of methoxy groups -OCH3 is 1. The molecule has 1 N–H and O–H groups in total. The van der Waals surface area contributed by atoms with E-state index in [-0.39, 0.29) is 0 Å². The predicted octanol–water partition coefficient (Wildman–Crippen LogP) is 6.18. The van der Waals surface area contributed by atoms with Crippen molar-refractivity contribution in [2.75, 3.05) is 19.0 Å². The quantitative estimate of drug-likeness (QED) is 0.577. The normalized spacial score (nSPS) is 16.8. The summed E-state index contributed by atoms with van der Waals surface area (Å²) >= 11 is 0. The summed E-state index contributed by atoms with van der Waals surface area (Å²) in [7, 11) is 1.72. The fourth-order valence-corrected chi connectivity index (χ4v) is 4.44. The number of aryl methyl sites for hydroxylation is 3. The van der Waals surface area contributed by atoms with E-state index in [0.29, 0.717) is 0 Å². The monoisotopic (exact) mass is 388 g/mol. The number of ether oxygens (including phenoxy) is 1. The molecule has 3 aromatic rings. The van der Waals surface area contributed by atoms with Crippen molar-refractivity contribution in [1.82, 2.24) is 4.57 Å². The van der Waals surface area contributed by atoms with Crippen molar-refractivity contribution in [3.05, 3.63) is 77.6 Å². The zero-order chi connectivity index (χ0) is 20.1. The van der Waals surface area contributed by atoms with Gasteiger partial charge in [-0.25, -0.2) is 0 Å². The Morgan fingerprint density at radius 2 is 1.93 bits per heavy atom. The molecule has 3 heteroatoms. The zero-order valence-electron chi connectivity index (χ0n) is 17.7. The van der Waals surface area contributed by atoms with E-state index in [1.807, 2.05) is 0 Å². The van der Waals surface area contributed by atoms with Gasteiger partial charge in [-0.3, -0.25) is 0 Å². The van der Waals surface area contributed by atoms with Crippen molar-refractivity contribution in [3.8, 4) is 11.4 Å². The maximum absolute atomic E-state index is 5.28. The van der Waals surface area contributed by atoms with Crippen LogP contribution in [-0.4, -0.2) is 18.2 Å². The third kappa shape index (κ3) is 4.84. The summed E-state index contributed by atoms with van der Waals surface area (Å²) in [5.41, 5.74) is 6.64. The Morgan fingerprint density at radius 3 is 2.76 bits per heavy atom. The molecule has 0 saturated carbocycles. The number of anilines is 1. The van der Waals surface area contributed by atoms with Crippen molar-refractivity contribution in [2.45, 2.75) is 45.4 Å². The molecule has 2 aromatic carbocycles. The molecule has 152 valence electrons. The second-order valence-electron chi connectivity index (χ2n) is 8.25. The molecule has 1 aliphatic rings. The summed E-state index contributed by atoms with van der Waals surface area (Å²) < 4.78 is 7.64. The number of hydrogen-bond acceptors (Lipinski definition) is 2. The molecule has 2 heterocycles. The minimum atomic E-state index is 0.749. The molecule has 3 nitrogen and oxygen atoms in total. The second-order valence-corrected chi connectivity index (χ2v) is 8.25. The highest BCUT2D eigenvalue weighted by Crippen LogP contribution is 2.28. The molecule has 0 amide bonds. The smallest absolute Gasteiger partial charge is 0.118 e. The van der Waals surface area contributed by atoms with E-state index in [0.717, 1.165) is 31.1 Å². The lowest BCUT2D eigenvalue weighted by Gasteiger charge is -2.18. The molecular formula is C26H32N2O. The van der Waals surface area contributed by atoms with Gasteiger partial charge in [-0.1, -0.05) is 18.2 Å².